The minimum absolute atomic E-state index is 0.0522. The van der Waals surface area contributed by atoms with E-state index in [9.17, 15) is 18.4 Å². The number of Topliss-reactive ketones (excluding diaryl/α,β-unsaturated/α-hetero) is 1. The zero-order valence-electron chi connectivity index (χ0n) is 16.2. The van der Waals surface area contributed by atoms with Crippen LogP contribution in [0.5, 0.6) is 0 Å². The van der Waals surface area contributed by atoms with Gasteiger partial charge in [-0.15, -0.1) is 0 Å². The molecule has 1 atom stereocenters. The summed E-state index contributed by atoms with van der Waals surface area (Å²) >= 11 is 6.18. The number of ketones is 1. The monoisotopic (exact) mass is 428 g/mol. The molecular weight excluding hydrogens is 410 g/mol. The quantitative estimate of drug-likeness (QED) is 0.704. The average Bonchev–Trinajstić information content (AvgIpc) is 2.70. The normalized spacial score (nSPS) is 18.8. The van der Waals surface area contributed by atoms with Crippen molar-refractivity contribution in [1.82, 2.24) is 5.32 Å². The third kappa shape index (κ3) is 3.63. The lowest BCUT2D eigenvalue weighted by atomic mass is 9.75. The molecule has 4 rings (SSSR count). The van der Waals surface area contributed by atoms with Gasteiger partial charge in [-0.2, -0.15) is 0 Å². The fourth-order valence-electron chi connectivity index (χ4n) is 4.10. The fraction of sp³-hybridized carbons (Fsp3) is 0.217. The van der Waals surface area contributed by atoms with E-state index < -0.39 is 29.1 Å². The van der Waals surface area contributed by atoms with Gasteiger partial charge in [-0.1, -0.05) is 29.8 Å². The van der Waals surface area contributed by atoms with Crippen LogP contribution >= 0.6 is 11.6 Å². The summed E-state index contributed by atoms with van der Waals surface area (Å²) in [5, 5.41) is 5.98. The van der Waals surface area contributed by atoms with E-state index in [1.807, 2.05) is 0 Å². The van der Waals surface area contributed by atoms with Crippen LogP contribution in [0.2, 0.25) is 5.02 Å². The van der Waals surface area contributed by atoms with Gasteiger partial charge in [0.05, 0.1) is 0 Å². The molecule has 4 nitrogen and oxygen atoms in total. The number of allylic oxidation sites excluding steroid dienone is 3. The number of anilines is 1. The molecule has 1 aliphatic heterocycles. The number of amides is 1. The number of carbonyl (C=O) groups is 2. The molecule has 0 bridgehead atoms. The summed E-state index contributed by atoms with van der Waals surface area (Å²) in [4.78, 5) is 26.1. The van der Waals surface area contributed by atoms with Crippen LogP contribution in [0.4, 0.5) is 14.5 Å². The highest BCUT2D eigenvalue weighted by Gasteiger charge is 2.38. The molecule has 0 saturated heterocycles. The van der Waals surface area contributed by atoms with Crippen molar-refractivity contribution in [2.24, 2.45) is 0 Å². The van der Waals surface area contributed by atoms with Gasteiger partial charge < -0.3 is 10.6 Å². The lowest BCUT2D eigenvalue weighted by Gasteiger charge is -2.34. The molecular formula is C23H19ClF2N2O2. The highest BCUT2D eigenvalue weighted by molar-refractivity contribution is 6.30. The van der Waals surface area contributed by atoms with Crippen molar-refractivity contribution >= 4 is 29.0 Å². The van der Waals surface area contributed by atoms with Crippen molar-refractivity contribution in [2.45, 2.75) is 32.1 Å². The highest BCUT2D eigenvalue weighted by atomic mass is 35.5. The molecule has 1 amide bonds. The number of rotatable bonds is 3. The summed E-state index contributed by atoms with van der Waals surface area (Å²) in [7, 11) is 0. The van der Waals surface area contributed by atoms with Gasteiger partial charge in [-0.25, -0.2) is 8.78 Å². The summed E-state index contributed by atoms with van der Waals surface area (Å²) in [5.74, 6) is -3.17. The van der Waals surface area contributed by atoms with Crippen LogP contribution in [0.15, 0.2) is 65.0 Å². The number of benzene rings is 2. The third-order valence-corrected chi connectivity index (χ3v) is 5.64. The highest BCUT2D eigenvalue weighted by Crippen LogP contribution is 2.43. The lowest BCUT2D eigenvalue weighted by Crippen LogP contribution is -2.35. The molecule has 0 radical (unpaired) electrons. The number of dihydropyridines is 1. The molecule has 0 aromatic heterocycles. The molecule has 2 aromatic carbocycles. The maximum absolute atomic E-state index is 14.1. The maximum atomic E-state index is 14.1. The van der Waals surface area contributed by atoms with Crippen LogP contribution in [-0.2, 0) is 9.59 Å². The molecule has 0 saturated carbocycles. The van der Waals surface area contributed by atoms with Crippen molar-refractivity contribution in [3.63, 3.8) is 0 Å². The van der Waals surface area contributed by atoms with E-state index in [2.05, 4.69) is 10.6 Å². The van der Waals surface area contributed by atoms with Gasteiger partial charge in [0.25, 0.3) is 5.91 Å². The van der Waals surface area contributed by atoms with E-state index in [1.54, 1.807) is 31.2 Å². The number of hydrogen-bond donors (Lipinski definition) is 2. The Bertz CT molecular complexity index is 1100. The second-order valence-electron chi connectivity index (χ2n) is 7.37. The number of para-hydroxylation sites is 1. The fourth-order valence-corrected chi connectivity index (χ4v) is 4.30. The van der Waals surface area contributed by atoms with E-state index in [0.29, 0.717) is 34.7 Å². The van der Waals surface area contributed by atoms with Crippen LogP contribution < -0.4 is 10.6 Å². The van der Waals surface area contributed by atoms with Crippen molar-refractivity contribution < 1.29 is 18.4 Å². The van der Waals surface area contributed by atoms with Gasteiger partial charge in [0.15, 0.2) is 5.78 Å². The Labute approximate surface area is 177 Å². The van der Waals surface area contributed by atoms with E-state index in [1.165, 1.54) is 6.07 Å². The molecule has 154 valence electrons. The molecule has 0 fully saturated rings. The number of nitrogens with one attached hydrogen (secondary N) is 2. The number of halogens is 3. The second-order valence-corrected chi connectivity index (χ2v) is 7.81. The van der Waals surface area contributed by atoms with Crippen LogP contribution in [0.1, 0.15) is 37.7 Å². The standard InChI is InChI=1S/C23H19ClF2N2O2/c1-12-19(23(30)28-22-15(25)7-3-8-16(22)26)20(13-5-2-6-14(24)11-13)21-17(27-12)9-4-10-18(21)29/h2-3,5-8,11,20,27H,4,9-10H2,1H3,(H,28,30). The topological polar surface area (TPSA) is 58.2 Å². The Morgan fingerprint density at radius 3 is 2.53 bits per heavy atom. The molecule has 7 heteroatoms. The first-order valence-corrected chi connectivity index (χ1v) is 9.99. The van der Waals surface area contributed by atoms with Crippen molar-refractivity contribution in [3.05, 3.63) is 87.2 Å². The molecule has 30 heavy (non-hydrogen) atoms. The van der Waals surface area contributed by atoms with Gasteiger partial charge in [0, 0.05) is 39.9 Å². The van der Waals surface area contributed by atoms with E-state index >= 15 is 0 Å². The van der Waals surface area contributed by atoms with Crippen LogP contribution in [0.3, 0.4) is 0 Å². The molecule has 2 aromatic rings. The lowest BCUT2D eigenvalue weighted by molar-refractivity contribution is -0.116. The van der Waals surface area contributed by atoms with E-state index in [0.717, 1.165) is 24.3 Å². The first kappa shape index (κ1) is 20.3. The minimum atomic E-state index is -0.877. The molecule has 2 aliphatic rings. The van der Waals surface area contributed by atoms with Crippen molar-refractivity contribution in [3.8, 4) is 0 Å². The molecule has 2 N–H and O–H groups in total. The molecule has 1 heterocycles. The van der Waals surface area contributed by atoms with Gasteiger partial charge in [-0.05, 0) is 49.6 Å². The van der Waals surface area contributed by atoms with Gasteiger partial charge >= 0.3 is 0 Å². The minimum Gasteiger partial charge on any atom is -0.362 e. The largest absolute Gasteiger partial charge is 0.362 e. The van der Waals surface area contributed by atoms with Crippen LogP contribution in [0.25, 0.3) is 0 Å². The molecule has 1 unspecified atom stereocenters. The second kappa shape index (κ2) is 8.03. The summed E-state index contributed by atoms with van der Waals surface area (Å²) < 4.78 is 28.2. The Morgan fingerprint density at radius 2 is 1.83 bits per heavy atom. The Morgan fingerprint density at radius 1 is 1.13 bits per heavy atom. The van der Waals surface area contributed by atoms with Gasteiger partial charge in [0.2, 0.25) is 0 Å². The summed E-state index contributed by atoms with van der Waals surface area (Å²) in [6.07, 6.45) is 1.79. The molecule has 1 aliphatic carbocycles. The maximum Gasteiger partial charge on any atom is 0.254 e. The van der Waals surface area contributed by atoms with Gasteiger partial charge in [-0.3, -0.25) is 9.59 Å². The third-order valence-electron chi connectivity index (χ3n) is 5.40. The van der Waals surface area contributed by atoms with Gasteiger partial charge in [0.1, 0.15) is 17.3 Å². The smallest absolute Gasteiger partial charge is 0.254 e. The average molecular weight is 429 g/mol. The first-order valence-electron chi connectivity index (χ1n) is 9.61. The van der Waals surface area contributed by atoms with Crippen molar-refractivity contribution in [1.29, 1.82) is 0 Å². The number of hydrogen-bond acceptors (Lipinski definition) is 3. The van der Waals surface area contributed by atoms with Crippen LogP contribution in [-0.4, -0.2) is 11.7 Å². The molecule has 0 spiro atoms. The zero-order chi connectivity index (χ0) is 21.4. The van der Waals surface area contributed by atoms with Crippen molar-refractivity contribution in [2.75, 3.05) is 5.32 Å². The number of carbonyl (C=O) groups excluding carboxylic acids is 2. The Hall–Kier alpha value is -2.99. The summed E-state index contributed by atoms with van der Waals surface area (Å²) in [6, 6.07) is 10.3. The summed E-state index contributed by atoms with van der Waals surface area (Å²) in [6.45, 7) is 1.72. The Kier molecular flexibility index (Phi) is 5.43. The summed E-state index contributed by atoms with van der Waals surface area (Å²) in [5.41, 5.74) is 2.19. The first-order chi connectivity index (χ1) is 14.4. The van der Waals surface area contributed by atoms with E-state index in [-0.39, 0.29) is 11.4 Å². The predicted molar refractivity (Wildman–Crippen MR) is 111 cm³/mol. The Balaban J connectivity index is 1.82. The predicted octanol–water partition coefficient (Wildman–Crippen LogP) is 5.22. The van der Waals surface area contributed by atoms with Crippen LogP contribution in [0, 0.1) is 11.6 Å². The van der Waals surface area contributed by atoms with E-state index in [4.69, 9.17) is 11.6 Å². The SMILES string of the molecule is CC1=C(C(=O)Nc2c(F)cccc2F)C(c2cccc(Cl)c2)C2=C(CCCC2=O)N1. The zero-order valence-corrected chi connectivity index (χ0v) is 16.9.